The summed E-state index contributed by atoms with van der Waals surface area (Å²) in [6.07, 6.45) is 0.918. The molecule has 0 aliphatic carbocycles. The molecule has 3 heterocycles. The smallest absolute Gasteiger partial charge is 0.180 e. The van der Waals surface area contributed by atoms with Crippen molar-refractivity contribution in [3.8, 4) is 0 Å². The van der Waals surface area contributed by atoms with Gasteiger partial charge in [0.05, 0.1) is 11.6 Å². The van der Waals surface area contributed by atoms with E-state index >= 15 is 0 Å². The quantitative estimate of drug-likeness (QED) is 0.450. The van der Waals surface area contributed by atoms with Gasteiger partial charge < -0.3 is 16.0 Å². The number of hydrogen-bond donors (Lipinski definition) is 3. The minimum absolute atomic E-state index is 0.155. The molecule has 4 N–H and O–H groups in total. The number of pyridine rings is 1. The highest BCUT2D eigenvalue weighted by molar-refractivity contribution is 5.79. The molecule has 5 rings (SSSR count). The molecule has 2 aromatic carbocycles. The Morgan fingerprint density at radius 2 is 1.84 bits per heavy atom. The summed E-state index contributed by atoms with van der Waals surface area (Å²) in [5.74, 6) is 1.36. The maximum Gasteiger partial charge on any atom is 0.180 e. The molecule has 31 heavy (non-hydrogen) atoms. The second-order valence-corrected chi connectivity index (χ2v) is 8.71. The molecule has 0 fully saturated rings. The SMILES string of the molecule is Cc1cccc(CN(C)Cc2ccc3c(c2)CC(c2cc(N)nc4nc(C)[nH]c24)N3)c1. The normalized spacial score (nSPS) is 15.4. The molecule has 1 aliphatic heterocycles. The standard InChI is InChI=1S/C25H28N6/c1-15-5-4-6-17(9-15)13-31(3)14-18-7-8-21-19(10-18)11-22(29-21)20-12-23(26)30-25-24(20)27-16(2)28-25/h4-10,12,22,29H,11,13-14H2,1-3H3,(H3,26,27,28,30). The van der Waals surface area contributed by atoms with Crippen LogP contribution in [-0.2, 0) is 19.5 Å². The molecule has 2 aromatic heterocycles. The van der Waals surface area contributed by atoms with Crippen LogP contribution in [0.2, 0.25) is 0 Å². The molecular weight excluding hydrogens is 384 g/mol. The number of nitrogens with one attached hydrogen (secondary N) is 2. The summed E-state index contributed by atoms with van der Waals surface area (Å²) in [7, 11) is 2.17. The van der Waals surface area contributed by atoms with E-state index in [1.165, 1.54) is 27.9 Å². The van der Waals surface area contributed by atoms with Gasteiger partial charge in [0.1, 0.15) is 11.6 Å². The molecule has 1 unspecified atom stereocenters. The Kier molecular flexibility index (Phi) is 4.87. The van der Waals surface area contributed by atoms with E-state index in [4.69, 9.17) is 5.73 Å². The first kappa shape index (κ1) is 19.6. The van der Waals surface area contributed by atoms with Crippen LogP contribution in [0.25, 0.3) is 11.2 Å². The van der Waals surface area contributed by atoms with Crippen LogP contribution in [0.1, 0.15) is 39.7 Å². The lowest BCUT2D eigenvalue weighted by Crippen LogP contribution is -2.17. The van der Waals surface area contributed by atoms with Gasteiger partial charge in [-0.25, -0.2) is 9.97 Å². The second-order valence-electron chi connectivity index (χ2n) is 8.71. The summed E-state index contributed by atoms with van der Waals surface area (Å²) in [6.45, 7) is 5.94. The number of nitrogens with zero attached hydrogens (tertiary/aromatic N) is 3. The monoisotopic (exact) mass is 412 g/mol. The van der Waals surface area contributed by atoms with Crippen molar-refractivity contribution in [2.45, 2.75) is 39.4 Å². The van der Waals surface area contributed by atoms with Crippen LogP contribution < -0.4 is 11.1 Å². The van der Waals surface area contributed by atoms with Crippen molar-refractivity contribution in [2.75, 3.05) is 18.1 Å². The summed E-state index contributed by atoms with van der Waals surface area (Å²) >= 11 is 0. The summed E-state index contributed by atoms with van der Waals surface area (Å²) in [4.78, 5) is 14.5. The third-order valence-corrected chi connectivity index (χ3v) is 5.92. The molecule has 1 aliphatic rings. The molecule has 158 valence electrons. The number of aryl methyl sites for hydroxylation is 2. The number of fused-ring (bicyclic) bond motifs is 2. The van der Waals surface area contributed by atoms with Crippen molar-refractivity contribution in [3.05, 3.63) is 82.2 Å². The number of anilines is 2. The largest absolute Gasteiger partial charge is 0.384 e. The molecule has 0 spiro atoms. The molecular formula is C25H28N6. The van der Waals surface area contributed by atoms with Gasteiger partial charge in [-0.05, 0) is 56.1 Å². The molecule has 4 aromatic rings. The fourth-order valence-electron chi connectivity index (χ4n) is 4.61. The first-order chi connectivity index (χ1) is 14.9. The molecule has 0 saturated carbocycles. The van der Waals surface area contributed by atoms with Crippen LogP contribution in [0, 0.1) is 13.8 Å². The van der Waals surface area contributed by atoms with Crippen molar-refractivity contribution >= 4 is 22.7 Å². The minimum Gasteiger partial charge on any atom is -0.384 e. The van der Waals surface area contributed by atoms with Crippen LogP contribution in [0.3, 0.4) is 0 Å². The van der Waals surface area contributed by atoms with Crippen LogP contribution in [-0.4, -0.2) is 26.9 Å². The van der Waals surface area contributed by atoms with Crippen molar-refractivity contribution < 1.29 is 0 Å². The lowest BCUT2D eigenvalue weighted by molar-refractivity contribution is 0.319. The fourth-order valence-corrected chi connectivity index (χ4v) is 4.61. The van der Waals surface area contributed by atoms with E-state index in [1.54, 1.807) is 0 Å². The van der Waals surface area contributed by atoms with E-state index in [9.17, 15) is 0 Å². The van der Waals surface area contributed by atoms with Crippen molar-refractivity contribution in [2.24, 2.45) is 0 Å². The fraction of sp³-hybridized carbons (Fsp3) is 0.280. The van der Waals surface area contributed by atoms with Crippen LogP contribution in [0.5, 0.6) is 0 Å². The van der Waals surface area contributed by atoms with Crippen LogP contribution in [0.15, 0.2) is 48.5 Å². The zero-order chi connectivity index (χ0) is 21.5. The molecule has 1 atom stereocenters. The first-order valence-electron chi connectivity index (χ1n) is 10.7. The maximum atomic E-state index is 6.06. The lowest BCUT2D eigenvalue weighted by atomic mass is 10.0. The number of hydrogen-bond acceptors (Lipinski definition) is 5. The number of nitrogens with two attached hydrogens (primary N) is 1. The molecule has 0 bridgehead atoms. The van der Waals surface area contributed by atoms with E-state index in [0.29, 0.717) is 11.5 Å². The molecule has 0 radical (unpaired) electrons. The summed E-state index contributed by atoms with van der Waals surface area (Å²) in [5, 5.41) is 3.66. The highest BCUT2D eigenvalue weighted by Gasteiger charge is 2.25. The molecule has 6 nitrogen and oxygen atoms in total. The third kappa shape index (κ3) is 3.99. The minimum atomic E-state index is 0.155. The van der Waals surface area contributed by atoms with Gasteiger partial charge in [-0.3, -0.25) is 4.90 Å². The van der Waals surface area contributed by atoms with E-state index in [2.05, 4.69) is 81.6 Å². The lowest BCUT2D eigenvalue weighted by Gasteiger charge is -2.17. The van der Waals surface area contributed by atoms with E-state index in [1.807, 2.05) is 13.0 Å². The average molecular weight is 413 g/mol. The molecule has 0 amide bonds. The van der Waals surface area contributed by atoms with Crippen molar-refractivity contribution in [1.29, 1.82) is 0 Å². The Bertz CT molecular complexity index is 1260. The second kappa shape index (κ2) is 7.71. The van der Waals surface area contributed by atoms with Gasteiger partial charge in [0, 0.05) is 24.3 Å². The predicted molar refractivity (Wildman–Crippen MR) is 126 cm³/mol. The Morgan fingerprint density at radius 1 is 1.03 bits per heavy atom. The molecule has 0 saturated heterocycles. The van der Waals surface area contributed by atoms with Gasteiger partial charge in [0.2, 0.25) is 0 Å². The van der Waals surface area contributed by atoms with Crippen molar-refractivity contribution in [1.82, 2.24) is 19.9 Å². The highest BCUT2D eigenvalue weighted by Crippen LogP contribution is 2.37. The van der Waals surface area contributed by atoms with Gasteiger partial charge in [0.15, 0.2) is 5.65 Å². The number of rotatable bonds is 5. The predicted octanol–water partition coefficient (Wildman–Crippen LogP) is 4.50. The number of benzene rings is 2. The van der Waals surface area contributed by atoms with E-state index in [0.717, 1.165) is 36.4 Å². The Morgan fingerprint density at radius 3 is 2.65 bits per heavy atom. The Balaban J connectivity index is 1.33. The van der Waals surface area contributed by atoms with Gasteiger partial charge in [0.25, 0.3) is 0 Å². The average Bonchev–Trinajstić information content (AvgIpc) is 3.29. The molecule has 6 heteroatoms. The third-order valence-electron chi connectivity index (χ3n) is 5.92. The number of aromatic amines is 1. The van der Waals surface area contributed by atoms with E-state index in [-0.39, 0.29) is 6.04 Å². The number of nitrogen functional groups attached to an aromatic ring is 1. The zero-order valence-corrected chi connectivity index (χ0v) is 18.2. The Labute approximate surface area is 182 Å². The summed E-state index contributed by atoms with van der Waals surface area (Å²) < 4.78 is 0. The first-order valence-corrected chi connectivity index (χ1v) is 10.7. The van der Waals surface area contributed by atoms with Crippen LogP contribution in [0.4, 0.5) is 11.5 Å². The topological polar surface area (TPSA) is 82.9 Å². The number of H-pyrrole nitrogens is 1. The Hall–Kier alpha value is -3.38. The van der Waals surface area contributed by atoms with Gasteiger partial charge in [-0.2, -0.15) is 0 Å². The van der Waals surface area contributed by atoms with Crippen molar-refractivity contribution in [3.63, 3.8) is 0 Å². The maximum absolute atomic E-state index is 6.06. The number of aromatic nitrogens is 3. The van der Waals surface area contributed by atoms with Gasteiger partial charge in [-0.15, -0.1) is 0 Å². The van der Waals surface area contributed by atoms with Gasteiger partial charge >= 0.3 is 0 Å². The summed E-state index contributed by atoms with van der Waals surface area (Å²) in [5.41, 5.74) is 15.3. The van der Waals surface area contributed by atoms with Crippen LogP contribution >= 0.6 is 0 Å². The highest BCUT2D eigenvalue weighted by atomic mass is 15.1. The summed E-state index contributed by atoms with van der Waals surface area (Å²) in [6, 6.07) is 17.6. The van der Waals surface area contributed by atoms with Gasteiger partial charge in [-0.1, -0.05) is 42.0 Å². The number of imidazole rings is 1. The zero-order valence-electron chi connectivity index (χ0n) is 18.2. The van der Waals surface area contributed by atoms with E-state index < -0.39 is 0 Å².